The topological polar surface area (TPSA) is 149 Å². The van der Waals surface area contributed by atoms with Gasteiger partial charge < -0.3 is 40.3 Å². The van der Waals surface area contributed by atoms with Crippen molar-refractivity contribution in [3.8, 4) is 0 Å². The molecule has 46 heavy (non-hydrogen) atoms. The van der Waals surface area contributed by atoms with Crippen LogP contribution in [-0.4, -0.2) is 87.5 Å². The van der Waals surface area contributed by atoms with Gasteiger partial charge >= 0.3 is 0 Å². The fraction of sp³-hybridized carbons (Fsp3) is 0.973. The average Bonchev–Trinajstić information content (AvgIpc) is 3.05. The Morgan fingerprint density at radius 1 is 0.652 bits per heavy atom. The molecule has 2 unspecified atom stereocenters. The summed E-state index contributed by atoms with van der Waals surface area (Å²) in [6.07, 6.45) is 21.1. The number of amides is 1. The molecule has 1 amide bonds. The Morgan fingerprint density at radius 2 is 1.09 bits per heavy atom. The average molecular weight is 660 g/mol. The molecule has 1 rings (SSSR count). The van der Waals surface area contributed by atoms with E-state index in [4.69, 9.17) is 9.47 Å². The summed E-state index contributed by atoms with van der Waals surface area (Å²) in [5.41, 5.74) is 0. The molecule has 1 aliphatic rings. The number of rotatable bonds is 31. The van der Waals surface area contributed by atoms with Crippen LogP contribution in [0, 0.1) is 0 Å². The predicted molar refractivity (Wildman–Crippen MR) is 184 cm³/mol. The van der Waals surface area contributed by atoms with E-state index in [9.17, 15) is 30.3 Å². The van der Waals surface area contributed by atoms with Crippen LogP contribution in [0.4, 0.5) is 0 Å². The van der Waals surface area contributed by atoms with E-state index in [2.05, 4.69) is 19.2 Å². The monoisotopic (exact) mass is 660 g/mol. The lowest BCUT2D eigenvalue weighted by Gasteiger charge is -2.40. The van der Waals surface area contributed by atoms with E-state index in [1.807, 2.05) is 0 Å². The first-order chi connectivity index (χ1) is 22.3. The molecule has 0 aromatic rings. The maximum absolute atomic E-state index is 12.8. The van der Waals surface area contributed by atoms with Gasteiger partial charge in [-0.05, 0) is 12.8 Å². The second-order valence-electron chi connectivity index (χ2n) is 13.7. The summed E-state index contributed by atoms with van der Waals surface area (Å²) in [5, 5.41) is 53.9. The zero-order valence-electron chi connectivity index (χ0n) is 29.6. The molecule has 1 fully saturated rings. The Morgan fingerprint density at radius 3 is 1.54 bits per heavy atom. The van der Waals surface area contributed by atoms with Gasteiger partial charge in [-0.2, -0.15) is 0 Å². The van der Waals surface area contributed by atoms with Crippen LogP contribution < -0.4 is 5.32 Å². The Bertz CT molecular complexity index is 696. The number of carbonyl (C=O) groups excluding carboxylic acids is 1. The Labute approximate surface area is 281 Å². The molecule has 0 aliphatic carbocycles. The summed E-state index contributed by atoms with van der Waals surface area (Å²) in [5.74, 6) is -0.146. The first kappa shape index (κ1) is 43.2. The minimum atomic E-state index is -1.55. The van der Waals surface area contributed by atoms with Crippen molar-refractivity contribution >= 4 is 5.91 Å². The van der Waals surface area contributed by atoms with Gasteiger partial charge in [-0.3, -0.25) is 4.79 Å². The normalized spacial score (nSPS) is 23.0. The molecule has 0 radical (unpaired) electrons. The second-order valence-corrected chi connectivity index (χ2v) is 13.7. The molecule has 0 bridgehead atoms. The van der Waals surface area contributed by atoms with Gasteiger partial charge in [0.05, 0.1) is 25.4 Å². The number of carbonyl (C=O) groups is 1. The summed E-state index contributed by atoms with van der Waals surface area (Å²) < 4.78 is 11.2. The molecular weight excluding hydrogens is 586 g/mol. The second kappa shape index (κ2) is 29.1. The maximum atomic E-state index is 12.8. The Kier molecular flexibility index (Phi) is 27.4. The summed E-state index contributed by atoms with van der Waals surface area (Å²) in [6, 6.07) is -0.708. The highest BCUT2D eigenvalue weighted by Crippen LogP contribution is 2.23. The van der Waals surface area contributed by atoms with Crippen LogP contribution in [0.2, 0.25) is 0 Å². The van der Waals surface area contributed by atoms with Crippen molar-refractivity contribution in [1.82, 2.24) is 5.32 Å². The van der Waals surface area contributed by atoms with E-state index in [1.165, 1.54) is 109 Å². The number of aliphatic hydroxyl groups is 5. The van der Waals surface area contributed by atoms with E-state index < -0.39 is 49.5 Å². The van der Waals surface area contributed by atoms with Gasteiger partial charge in [0.1, 0.15) is 24.4 Å². The first-order valence-corrected chi connectivity index (χ1v) is 19.2. The fourth-order valence-electron chi connectivity index (χ4n) is 6.28. The van der Waals surface area contributed by atoms with Crippen molar-refractivity contribution in [2.45, 2.75) is 217 Å². The van der Waals surface area contributed by atoms with Gasteiger partial charge in [0.25, 0.3) is 0 Å². The zero-order valence-corrected chi connectivity index (χ0v) is 29.6. The number of ether oxygens (including phenoxy) is 2. The lowest BCUT2D eigenvalue weighted by atomic mass is 9.99. The van der Waals surface area contributed by atoms with Crippen LogP contribution in [-0.2, 0) is 14.3 Å². The molecule has 0 saturated carbocycles. The third kappa shape index (κ3) is 20.5. The van der Waals surface area contributed by atoms with Crippen molar-refractivity contribution in [2.24, 2.45) is 0 Å². The van der Waals surface area contributed by atoms with Crippen LogP contribution in [0.5, 0.6) is 0 Å². The minimum Gasteiger partial charge on any atom is -0.394 e. The highest BCUT2D eigenvalue weighted by atomic mass is 16.7. The third-order valence-electron chi connectivity index (χ3n) is 9.46. The third-order valence-corrected chi connectivity index (χ3v) is 9.46. The maximum Gasteiger partial charge on any atom is 0.220 e. The van der Waals surface area contributed by atoms with Gasteiger partial charge in [0.2, 0.25) is 5.91 Å². The SMILES string of the molecule is CCCCCCCCCCCCCCCC(=O)N[C@@H](CO[C@@H]1O[C@H](CO)[C@H](O)C(O)C1O)[C@H](O)CCCCCCCCCCCC. The molecule has 0 aromatic carbocycles. The predicted octanol–water partition coefficient (Wildman–Crippen LogP) is 6.44. The summed E-state index contributed by atoms with van der Waals surface area (Å²) in [7, 11) is 0. The van der Waals surface area contributed by atoms with Gasteiger partial charge in [0, 0.05) is 6.42 Å². The fourth-order valence-corrected chi connectivity index (χ4v) is 6.28. The summed E-state index contributed by atoms with van der Waals surface area (Å²) in [4.78, 5) is 12.8. The van der Waals surface area contributed by atoms with Crippen molar-refractivity contribution in [2.75, 3.05) is 13.2 Å². The van der Waals surface area contributed by atoms with E-state index in [0.29, 0.717) is 12.8 Å². The first-order valence-electron chi connectivity index (χ1n) is 19.2. The lowest BCUT2D eigenvalue weighted by Crippen LogP contribution is -2.60. The van der Waals surface area contributed by atoms with Crippen LogP contribution >= 0.6 is 0 Å². The molecule has 9 heteroatoms. The molecule has 274 valence electrons. The van der Waals surface area contributed by atoms with Gasteiger partial charge in [-0.1, -0.05) is 155 Å². The molecule has 1 saturated heterocycles. The molecule has 9 nitrogen and oxygen atoms in total. The smallest absolute Gasteiger partial charge is 0.220 e. The standard InChI is InChI=1S/C37H73NO8/c1-3-5-7-9-11-13-15-16-17-19-21-23-25-27-33(41)38-30(29-45-37-36(44)35(43)34(42)32(28-39)46-37)31(40)26-24-22-20-18-14-12-10-8-6-4-2/h30-32,34-37,39-40,42-44H,3-29H2,1-2H3,(H,38,41)/t30-,31+,32+,34-,35?,36?,37+/m0/s1. The van der Waals surface area contributed by atoms with E-state index in [-0.39, 0.29) is 12.5 Å². The van der Waals surface area contributed by atoms with Gasteiger partial charge in [-0.25, -0.2) is 0 Å². The Balaban J connectivity index is 2.41. The molecule has 0 aromatic heterocycles. The molecule has 0 spiro atoms. The highest BCUT2D eigenvalue weighted by molar-refractivity contribution is 5.76. The van der Waals surface area contributed by atoms with Gasteiger partial charge in [0.15, 0.2) is 6.29 Å². The number of hydrogen-bond donors (Lipinski definition) is 6. The molecule has 6 N–H and O–H groups in total. The van der Waals surface area contributed by atoms with Crippen LogP contribution in [0.3, 0.4) is 0 Å². The molecule has 1 aliphatic heterocycles. The van der Waals surface area contributed by atoms with Crippen LogP contribution in [0.25, 0.3) is 0 Å². The number of nitrogens with one attached hydrogen (secondary N) is 1. The minimum absolute atomic E-state index is 0.133. The zero-order chi connectivity index (χ0) is 33.8. The van der Waals surface area contributed by atoms with Crippen molar-refractivity contribution in [3.63, 3.8) is 0 Å². The molecule has 7 atom stereocenters. The van der Waals surface area contributed by atoms with Gasteiger partial charge in [-0.15, -0.1) is 0 Å². The van der Waals surface area contributed by atoms with Crippen molar-refractivity contribution in [1.29, 1.82) is 0 Å². The Hall–Kier alpha value is -0.810. The van der Waals surface area contributed by atoms with E-state index in [1.54, 1.807) is 0 Å². The largest absolute Gasteiger partial charge is 0.394 e. The summed E-state index contributed by atoms with van der Waals surface area (Å²) in [6.45, 7) is 3.80. The summed E-state index contributed by atoms with van der Waals surface area (Å²) >= 11 is 0. The quantitative estimate of drug-likeness (QED) is 0.0466. The number of hydrogen-bond acceptors (Lipinski definition) is 8. The van der Waals surface area contributed by atoms with E-state index >= 15 is 0 Å². The molecular formula is C37H73NO8. The van der Waals surface area contributed by atoms with Crippen LogP contribution in [0.15, 0.2) is 0 Å². The number of unbranched alkanes of at least 4 members (excludes halogenated alkanes) is 21. The van der Waals surface area contributed by atoms with E-state index in [0.717, 1.165) is 38.5 Å². The highest BCUT2D eigenvalue weighted by Gasteiger charge is 2.44. The lowest BCUT2D eigenvalue weighted by molar-refractivity contribution is -0.302. The van der Waals surface area contributed by atoms with Crippen molar-refractivity contribution in [3.05, 3.63) is 0 Å². The van der Waals surface area contributed by atoms with Crippen molar-refractivity contribution < 1.29 is 39.8 Å². The molecule has 1 heterocycles. The van der Waals surface area contributed by atoms with Crippen LogP contribution in [0.1, 0.15) is 174 Å². The number of aliphatic hydroxyl groups excluding tert-OH is 5.